The lowest BCUT2D eigenvalue weighted by molar-refractivity contribution is 1.19. The van der Waals surface area contributed by atoms with Crippen molar-refractivity contribution in [2.75, 3.05) is 0 Å². The van der Waals surface area contributed by atoms with Gasteiger partial charge in [0.25, 0.3) is 0 Å². The molecular formula is C14H17N. The molecule has 0 aliphatic carbocycles. The van der Waals surface area contributed by atoms with Gasteiger partial charge in [-0.1, -0.05) is 6.07 Å². The van der Waals surface area contributed by atoms with E-state index in [0.29, 0.717) is 0 Å². The Bertz CT molecular complexity index is 539. The Morgan fingerprint density at radius 3 is 2.00 bits per heavy atom. The molecule has 0 radical (unpaired) electrons. The van der Waals surface area contributed by atoms with Gasteiger partial charge in [0.2, 0.25) is 0 Å². The SMILES string of the molecule is Cc1ccc2c(C)c(C)c(C)c(C)c2n1. The summed E-state index contributed by atoms with van der Waals surface area (Å²) in [5.41, 5.74) is 7.70. The molecule has 0 saturated heterocycles. The second-order valence-electron chi connectivity index (χ2n) is 4.35. The highest BCUT2D eigenvalue weighted by molar-refractivity contribution is 5.87. The Balaban J connectivity index is 3.00. The highest BCUT2D eigenvalue weighted by atomic mass is 14.7. The number of fused-ring (bicyclic) bond motifs is 1. The van der Waals surface area contributed by atoms with Crippen molar-refractivity contribution < 1.29 is 0 Å². The first kappa shape index (κ1) is 10.2. The van der Waals surface area contributed by atoms with Crippen LogP contribution in [0, 0.1) is 34.6 Å². The molecule has 0 aliphatic heterocycles. The molecule has 0 N–H and O–H groups in total. The number of nitrogens with zero attached hydrogens (tertiary/aromatic N) is 1. The zero-order valence-electron chi connectivity index (χ0n) is 10.1. The maximum absolute atomic E-state index is 4.64. The fraction of sp³-hybridized carbons (Fsp3) is 0.357. The summed E-state index contributed by atoms with van der Waals surface area (Å²) >= 11 is 0. The summed E-state index contributed by atoms with van der Waals surface area (Å²) in [5, 5.41) is 1.29. The van der Waals surface area contributed by atoms with E-state index in [4.69, 9.17) is 0 Å². The van der Waals surface area contributed by atoms with Crippen LogP contribution in [0.4, 0.5) is 0 Å². The maximum atomic E-state index is 4.64. The summed E-state index contributed by atoms with van der Waals surface area (Å²) in [7, 11) is 0. The minimum absolute atomic E-state index is 1.09. The largest absolute Gasteiger partial charge is 0.253 e. The zero-order chi connectivity index (χ0) is 11.2. The first-order valence-electron chi connectivity index (χ1n) is 5.36. The second-order valence-corrected chi connectivity index (χ2v) is 4.35. The van der Waals surface area contributed by atoms with Crippen LogP contribution in [0.2, 0.25) is 0 Å². The topological polar surface area (TPSA) is 12.9 Å². The number of benzene rings is 1. The van der Waals surface area contributed by atoms with Gasteiger partial charge >= 0.3 is 0 Å². The van der Waals surface area contributed by atoms with Gasteiger partial charge in [-0.05, 0) is 62.9 Å². The first-order chi connectivity index (χ1) is 7.02. The number of aryl methyl sites for hydroxylation is 3. The lowest BCUT2D eigenvalue weighted by Crippen LogP contribution is -1.96. The summed E-state index contributed by atoms with van der Waals surface area (Å²) in [6.45, 7) is 10.8. The van der Waals surface area contributed by atoms with Gasteiger partial charge in [-0.3, -0.25) is 4.98 Å². The molecule has 0 amide bonds. The molecule has 78 valence electrons. The molecule has 0 unspecified atom stereocenters. The van der Waals surface area contributed by atoms with Gasteiger partial charge in [0.15, 0.2) is 0 Å². The smallest absolute Gasteiger partial charge is 0.0739 e. The Labute approximate surface area is 91.2 Å². The van der Waals surface area contributed by atoms with Crippen LogP contribution in [0.25, 0.3) is 10.9 Å². The van der Waals surface area contributed by atoms with Crippen LogP contribution >= 0.6 is 0 Å². The normalized spacial score (nSPS) is 11.0. The molecular weight excluding hydrogens is 182 g/mol. The molecule has 1 nitrogen and oxygen atoms in total. The van der Waals surface area contributed by atoms with E-state index in [0.717, 1.165) is 11.2 Å². The number of pyridine rings is 1. The van der Waals surface area contributed by atoms with Crippen molar-refractivity contribution in [3.63, 3.8) is 0 Å². The van der Waals surface area contributed by atoms with Crippen LogP contribution < -0.4 is 0 Å². The molecule has 15 heavy (non-hydrogen) atoms. The van der Waals surface area contributed by atoms with Crippen molar-refractivity contribution in [1.82, 2.24) is 4.98 Å². The molecule has 1 aromatic carbocycles. The summed E-state index contributed by atoms with van der Waals surface area (Å²) in [6.07, 6.45) is 0. The zero-order valence-corrected chi connectivity index (χ0v) is 10.1. The standard InChI is InChI=1S/C14H17N/c1-8-6-7-13-11(4)9(2)10(3)12(5)14(13)15-8/h6-7H,1-5H3. The van der Waals surface area contributed by atoms with Crippen LogP contribution in [0.1, 0.15) is 27.9 Å². The lowest BCUT2D eigenvalue weighted by atomic mass is 9.94. The van der Waals surface area contributed by atoms with Crippen LogP contribution in [0.15, 0.2) is 12.1 Å². The summed E-state index contributed by atoms with van der Waals surface area (Å²) in [6, 6.07) is 4.27. The second kappa shape index (κ2) is 3.34. The van der Waals surface area contributed by atoms with Gasteiger partial charge in [0.05, 0.1) is 5.52 Å². The Kier molecular flexibility index (Phi) is 2.26. The Morgan fingerprint density at radius 2 is 1.33 bits per heavy atom. The van der Waals surface area contributed by atoms with Crippen LogP contribution in [-0.4, -0.2) is 4.98 Å². The summed E-state index contributed by atoms with van der Waals surface area (Å²) in [5.74, 6) is 0. The molecule has 1 aromatic heterocycles. The van der Waals surface area contributed by atoms with Gasteiger partial charge in [-0.15, -0.1) is 0 Å². The summed E-state index contributed by atoms with van der Waals surface area (Å²) in [4.78, 5) is 4.64. The van der Waals surface area contributed by atoms with E-state index >= 15 is 0 Å². The number of hydrogen-bond donors (Lipinski definition) is 0. The van der Waals surface area contributed by atoms with E-state index in [-0.39, 0.29) is 0 Å². The highest BCUT2D eigenvalue weighted by Gasteiger charge is 2.09. The van der Waals surface area contributed by atoms with E-state index in [1.165, 1.54) is 27.6 Å². The predicted octanol–water partition coefficient (Wildman–Crippen LogP) is 3.78. The lowest BCUT2D eigenvalue weighted by Gasteiger charge is -2.13. The number of hydrogen-bond acceptors (Lipinski definition) is 1. The third-order valence-corrected chi connectivity index (χ3v) is 3.48. The molecule has 2 aromatic rings. The molecule has 0 spiro atoms. The Hall–Kier alpha value is -1.37. The van der Waals surface area contributed by atoms with Gasteiger partial charge in [-0.2, -0.15) is 0 Å². The molecule has 0 atom stereocenters. The van der Waals surface area contributed by atoms with E-state index < -0.39 is 0 Å². The van der Waals surface area contributed by atoms with Crippen molar-refractivity contribution >= 4 is 10.9 Å². The van der Waals surface area contributed by atoms with E-state index in [1.807, 2.05) is 6.92 Å². The quantitative estimate of drug-likeness (QED) is 0.629. The molecule has 0 fully saturated rings. The monoisotopic (exact) mass is 199 g/mol. The Morgan fingerprint density at radius 1 is 0.733 bits per heavy atom. The molecule has 1 heteroatoms. The van der Waals surface area contributed by atoms with Gasteiger partial charge in [0.1, 0.15) is 0 Å². The molecule has 2 rings (SSSR count). The van der Waals surface area contributed by atoms with E-state index in [9.17, 15) is 0 Å². The van der Waals surface area contributed by atoms with Gasteiger partial charge < -0.3 is 0 Å². The average molecular weight is 199 g/mol. The average Bonchev–Trinajstić information content (AvgIpc) is 2.23. The fourth-order valence-electron chi connectivity index (χ4n) is 2.09. The first-order valence-corrected chi connectivity index (χ1v) is 5.36. The van der Waals surface area contributed by atoms with Crippen molar-refractivity contribution in [1.29, 1.82) is 0 Å². The van der Waals surface area contributed by atoms with Gasteiger partial charge in [-0.25, -0.2) is 0 Å². The fourth-order valence-corrected chi connectivity index (χ4v) is 2.09. The number of aromatic nitrogens is 1. The number of rotatable bonds is 0. The third kappa shape index (κ3) is 1.43. The predicted molar refractivity (Wildman–Crippen MR) is 65.4 cm³/mol. The van der Waals surface area contributed by atoms with Crippen LogP contribution in [0.3, 0.4) is 0 Å². The third-order valence-electron chi connectivity index (χ3n) is 3.48. The van der Waals surface area contributed by atoms with Crippen molar-refractivity contribution in [3.8, 4) is 0 Å². The minimum Gasteiger partial charge on any atom is -0.253 e. The molecule has 0 bridgehead atoms. The van der Waals surface area contributed by atoms with Crippen LogP contribution in [0.5, 0.6) is 0 Å². The van der Waals surface area contributed by atoms with E-state index in [1.54, 1.807) is 0 Å². The van der Waals surface area contributed by atoms with Crippen molar-refractivity contribution in [2.45, 2.75) is 34.6 Å². The van der Waals surface area contributed by atoms with Crippen molar-refractivity contribution in [3.05, 3.63) is 40.1 Å². The maximum Gasteiger partial charge on any atom is 0.0739 e. The summed E-state index contributed by atoms with van der Waals surface area (Å²) < 4.78 is 0. The highest BCUT2D eigenvalue weighted by Crippen LogP contribution is 2.27. The van der Waals surface area contributed by atoms with Crippen molar-refractivity contribution in [2.24, 2.45) is 0 Å². The molecule has 0 saturated carbocycles. The molecule has 1 heterocycles. The van der Waals surface area contributed by atoms with Crippen LogP contribution in [-0.2, 0) is 0 Å². The molecule has 0 aliphatic rings. The van der Waals surface area contributed by atoms with E-state index in [2.05, 4.69) is 44.8 Å². The van der Waals surface area contributed by atoms with Gasteiger partial charge in [0, 0.05) is 11.1 Å². The minimum atomic E-state index is 1.09.